The van der Waals surface area contributed by atoms with Gasteiger partial charge in [0.25, 0.3) is 0 Å². The number of carbonyl (C=O) groups is 1. The molecule has 0 aliphatic rings. The maximum Gasteiger partial charge on any atom is 0.240 e. The smallest absolute Gasteiger partial charge is 0.240 e. The number of thioether (sulfide) groups is 1. The molecule has 0 aliphatic heterocycles. The van der Waals surface area contributed by atoms with Crippen molar-refractivity contribution in [3.63, 3.8) is 0 Å². The standard InChI is InChI=1S/C18H20Cl2N2O3S2/c1-27(24,25)22(14-6-3-2-4-7-14)12-18(23)21-10-11-26-13-15-16(19)8-5-9-17(15)20/h2-9H,10-13H2,1H3,(H,21,23). The number of benzene rings is 2. The van der Waals surface area contributed by atoms with Crippen molar-refractivity contribution in [2.24, 2.45) is 0 Å². The van der Waals surface area contributed by atoms with Crippen LogP contribution in [0.4, 0.5) is 5.69 Å². The van der Waals surface area contributed by atoms with Gasteiger partial charge in [-0.3, -0.25) is 9.10 Å². The van der Waals surface area contributed by atoms with E-state index in [1.165, 1.54) is 0 Å². The topological polar surface area (TPSA) is 66.5 Å². The van der Waals surface area contributed by atoms with Crippen LogP contribution in [0.1, 0.15) is 5.56 Å². The third-order valence-electron chi connectivity index (χ3n) is 3.61. The number of hydrogen-bond donors (Lipinski definition) is 1. The SMILES string of the molecule is CS(=O)(=O)N(CC(=O)NCCSCc1c(Cl)cccc1Cl)c1ccccc1. The van der Waals surface area contributed by atoms with E-state index in [1.807, 2.05) is 0 Å². The summed E-state index contributed by atoms with van der Waals surface area (Å²) in [5.41, 5.74) is 1.32. The fourth-order valence-electron chi connectivity index (χ4n) is 2.29. The summed E-state index contributed by atoms with van der Waals surface area (Å²) >= 11 is 13.8. The third kappa shape index (κ3) is 6.92. The van der Waals surface area contributed by atoms with E-state index in [2.05, 4.69) is 5.32 Å². The lowest BCUT2D eigenvalue weighted by Gasteiger charge is -2.21. The summed E-state index contributed by atoms with van der Waals surface area (Å²) in [4.78, 5) is 12.1. The first-order valence-electron chi connectivity index (χ1n) is 8.09. The van der Waals surface area contributed by atoms with Gasteiger partial charge in [-0.1, -0.05) is 47.5 Å². The Morgan fingerprint density at radius 2 is 1.70 bits per heavy atom. The Bertz CT molecular complexity index is 857. The Morgan fingerprint density at radius 1 is 1.07 bits per heavy atom. The molecule has 2 aromatic rings. The van der Waals surface area contributed by atoms with Crippen LogP contribution in [0, 0.1) is 0 Å². The molecule has 9 heteroatoms. The molecule has 0 aromatic heterocycles. The molecule has 0 radical (unpaired) electrons. The summed E-state index contributed by atoms with van der Waals surface area (Å²) in [7, 11) is -3.56. The van der Waals surface area contributed by atoms with Gasteiger partial charge in [0, 0.05) is 28.1 Å². The molecule has 0 heterocycles. The summed E-state index contributed by atoms with van der Waals surface area (Å²) in [5.74, 6) is 0.923. The van der Waals surface area contributed by atoms with E-state index >= 15 is 0 Å². The highest BCUT2D eigenvalue weighted by molar-refractivity contribution is 7.98. The molecule has 2 rings (SSSR count). The van der Waals surface area contributed by atoms with Crippen LogP contribution >= 0.6 is 35.0 Å². The fourth-order valence-corrected chi connectivity index (χ4v) is 4.74. The van der Waals surface area contributed by atoms with Gasteiger partial charge >= 0.3 is 0 Å². The summed E-state index contributed by atoms with van der Waals surface area (Å²) in [6.07, 6.45) is 1.08. The number of para-hydroxylation sites is 1. The molecule has 0 aliphatic carbocycles. The largest absolute Gasteiger partial charge is 0.354 e. The van der Waals surface area contributed by atoms with Crippen molar-refractivity contribution in [1.82, 2.24) is 5.32 Å². The number of carbonyl (C=O) groups excluding carboxylic acids is 1. The van der Waals surface area contributed by atoms with Gasteiger partial charge in [0.05, 0.1) is 11.9 Å². The molecular formula is C18H20Cl2N2O3S2. The molecule has 0 saturated carbocycles. The van der Waals surface area contributed by atoms with E-state index in [1.54, 1.807) is 60.3 Å². The van der Waals surface area contributed by atoms with Crippen molar-refractivity contribution in [1.29, 1.82) is 0 Å². The molecular weight excluding hydrogens is 427 g/mol. The molecule has 5 nitrogen and oxygen atoms in total. The Hall–Kier alpha value is -1.41. The van der Waals surface area contributed by atoms with Crippen LogP contribution in [0.25, 0.3) is 0 Å². The third-order valence-corrected chi connectivity index (χ3v) is 6.44. The molecule has 0 saturated heterocycles. The Balaban J connectivity index is 1.81. The predicted molar refractivity (Wildman–Crippen MR) is 114 cm³/mol. The van der Waals surface area contributed by atoms with Crippen molar-refractivity contribution < 1.29 is 13.2 Å². The van der Waals surface area contributed by atoms with E-state index in [0.717, 1.165) is 16.1 Å². The minimum absolute atomic E-state index is 0.260. The van der Waals surface area contributed by atoms with Crippen molar-refractivity contribution in [2.45, 2.75) is 5.75 Å². The zero-order chi connectivity index (χ0) is 19.9. The zero-order valence-electron chi connectivity index (χ0n) is 14.7. The highest BCUT2D eigenvalue weighted by atomic mass is 35.5. The number of anilines is 1. The quantitative estimate of drug-likeness (QED) is 0.594. The van der Waals surface area contributed by atoms with Crippen LogP contribution in [0.3, 0.4) is 0 Å². The van der Waals surface area contributed by atoms with E-state index in [9.17, 15) is 13.2 Å². The molecule has 1 amide bonds. The number of sulfonamides is 1. The first-order valence-corrected chi connectivity index (χ1v) is 11.8. The number of rotatable bonds is 9. The number of hydrogen-bond acceptors (Lipinski definition) is 4. The lowest BCUT2D eigenvalue weighted by Crippen LogP contribution is -2.41. The van der Waals surface area contributed by atoms with Crippen LogP contribution in [0.5, 0.6) is 0 Å². The number of halogens is 2. The van der Waals surface area contributed by atoms with E-state index in [0.29, 0.717) is 33.8 Å². The second kappa shape index (κ2) is 10.2. The van der Waals surface area contributed by atoms with Crippen LogP contribution in [0.2, 0.25) is 10.0 Å². The number of amides is 1. The van der Waals surface area contributed by atoms with Gasteiger partial charge < -0.3 is 5.32 Å². The van der Waals surface area contributed by atoms with Gasteiger partial charge in [-0.2, -0.15) is 11.8 Å². The van der Waals surface area contributed by atoms with Crippen molar-refractivity contribution in [2.75, 3.05) is 29.4 Å². The predicted octanol–water partition coefficient (Wildman–Crippen LogP) is 3.81. The summed E-state index contributed by atoms with van der Waals surface area (Å²) < 4.78 is 25.0. The van der Waals surface area contributed by atoms with Crippen LogP contribution in [-0.4, -0.2) is 39.4 Å². The van der Waals surface area contributed by atoms with Crippen molar-refractivity contribution >= 4 is 56.6 Å². The molecule has 27 heavy (non-hydrogen) atoms. The highest BCUT2D eigenvalue weighted by Crippen LogP contribution is 2.28. The number of nitrogens with one attached hydrogen (secondary N) is 1. The lowest BCUT2D eigenvalue weighted by atomic mass is 10.2. The molecule has 0 fully saturated rings. The first-order chi connectivity index (χ1) is 12.8. The van der Waals surface area contributed by atoms with Crippen LogP contribution < -0.4 is 9.62 Å². The monoisotopic (exact) mass is 446 g/mol. The van der Waals surface area contributed by atoms with E-state index in [4.69, 9.17) is 23.2 Å². The molecule has 146 valence electrons. The second-order valence-corrected chi connectivity index (χ2v) is 9.53. The number of nitrogens with zero attached hydrogens (tertiary/aromatic N) is 1. The fraction of sp³-hybridized carbons (Fsp3) is 0.278. The zero-order valence-corrected chi connectivity index (χ0v) is 17.8. The summed E-state index contributed by atoms with van der Waals surface area (Å²) in [5, 5.41) is 3.97. The Morgan fingerprint density at radius 3 is 2.30 bits per heavy atom. The molecule has 0 spiro atoms. The average Bonchev–Trinajstić information content (AvgIpc) is 2.61. The van der Waals surface area contributed by atoms with Gasteiger partial charge in [0.2, 0.25) is 15.9 Å². The molecule has 0 atom stereocenters. The van der Waals surface area contributed by atoms with Gasteiger partial charge in [-0.15, -0.1) is 0 Å². The molecule has 2 aromatic carbocycles. The van der Waals surface area contributed by atoms with Crippen molar-refractivity contribution in [3.8, 4) is 0 Å². The van der Waals surface area contributed by atoms with Crippen LogP contribution in [-0.2, 0) is 20.6 Å². The maximum absolute atomic E-state index is 12.1. The Labute approximate surface area is 174 Å². The van der Waals surface area contributed by atoms with Crippen LogP contribution in [0.15, 0.2) is 48.5 Å². The van der Waals surface area contributed by atoms with E-state index in [-0.39, 0.29) is 12.5 Å². The molecule has 0 bridgehead atoms. The first kappa shape index (κ1) is 21.9. The average molecular weight is 447 g/mol. The summed E-state index contributed by atoms with van der Waals surface area (Å²) in [6, 6.07) is 13.9. The van der Waals surface area contributed by atoms with Crippen molar-refractivity contribution in [3.05, 3.63) is 64.1 Å². The second-order valence-electron chi connectivity index (χ2n) is 5.71. The highest BCUT2D eigenvalue weighted by Gasteiger charge is 2.20. The molecule has 1 N–H and O–H groups in total. The minimum atomic E-state index is -3.56. The maximum atomic E-state index is 12.1. The van der Waals surface area contributed by atoms with E-state index < -0.39 is 10.0 Å². The van der Waals surface area contributed by atoms with Gasteiger partial charge in [0.1, 0.15) is 6.54 Å². The van der Waals surface area contributed by atoms with Gasteiger partial charge in [0.15, 0.2) is 0 Å². The molecule has 0 unspecified atom stereocenters. The van der Waals surface area contributed by atoms with Gasteiger partial charge in [-0.05, 0) is 29.8 Å². The lowest BCUT2D eigenvalue weighted by molar-refractivity contribution is -0.119. The normalized spacial score (nSPS) is 11.2. The summed E-state index contributed by atoms with van der Waals surface area (Å²) in [6.45, 7) is 0.155. The Kier molecular flexibility index (Phi) is 8.28. The minimum Gasteiger partial charge on any atom is -0.354 e. The van der Waals surface area contributed by atoms with Gasteiger partial charge in [-0.25, -0.2) is 8.42 Å².